The molecule has 8 heteroatoms. The molecule has 0 saturated heterocycles. The van der Waals surface area contributed by atoms with Gasteiger partial charge in [-0.1, -0.05) is 36.0 Å². The Morgan fingerprint density at radius 3 is 2.46 bits per heavy atom. The Balaban J connectivity index is 1.31. The van der Waals surface area contributed by atoms with Gasteiger partial charge in [0.15, 0.2) is 0 Å². The molecule has 3 heterocycles. The highest BCUT2D eigenvalue weighted by Gasteiger charge is 2.12. The van der Waals surface area contributed by atoms with E-state index in [1.54, 1.807) is 18.5 Å². The van der Waals surface area contributed by atoms with Crippen LogP contribution >= 0.6 is 11.8 Å². The van der Waals surface area contributed by atoms with E-state index in [-0.39, 0.29) is 5.91 Å². The zero-order valence-corrected chi connectivity index (χ0v) is 19.3. The molecule has 0 spiro atoms. The number of nitrogens with one attached hydrogen (secondary N) is 2. The van der Waals surface area contributed by atoms with Gasteiger partial charge in [-0.15, -0.1) is 0 Å². The average molecular weight is 477 g/mol. The van der Waals surface area contributed by atoms with Gasteiger partial charge in [0.1, 0.15) is 0 Å². The summed E-state index contributed by atoms with van der Waals surface area (Å²) in [7, 11) is 0. The summed E-state index contributed by atoms with van der Waals surface area (Å²) in [6.45, 7) is 0. The van der Waals surface area contributed by atoms with Crippen LogP contribution in [0.4, 0.5) is 0 Å². The lowest BCUT2D eigenvalue weighted by Crippen LogP contribution is -2.18. The van der Waals surface area contributed by atoms with Crippen molar-refractivity contribution >= 4 is 46.9 Å². The number of benzene rings is 2. The topological polar surface area (TPSA) is 95.9 Å². The first kappa shape index (κ1) is 22.2. The Hall–Kier alpha value is -4.56. The first-order chi connectivity index (χ1) is 17.3. The Labute approximate surface area is 206 Å². The predicted molar refractivity (Wildman–Crippen MR) is 139 cm³/mol. The molecule has 7 nitrogen and oxygen atoms in total. The zero-order valence-electron chi connectivity index (χ0n) is 18.5. The Morgan fingerprint density at radius 1 is 0.886 bits per heavy atom. The Morgan fingerprint density at radius 2 is 1.66 bits per heavy atom. The lowest BCUT2D eigenvalue weighted by atomic mass is 10.2. The second kappa shape index (κ2) is 10.6. The van der Waals surface area contributed by atoms with E-state index in [1.807, 2.05) is 84.9 Å². The summed E-state index contributed by atoms with van der Waals surface area (Å²) in [5, 5.41) is 12.6. The van der Waals surface area contributed by atoms with Crippen LogP contribution in [0.5, 0.6) is 0 Å². The van der Waals surface area contributed by atoms with E-state index in [9.17, 15) is 4.79 Å². The van der Waals surface area contributed by atoms with Crippen molar-refractivity contribution in [2.45, 2.75) is 9.79 Å². The molecule has 0 atom stereocenters. The molecule has 1 amide bonds. The SMILES string of the molecule is O=C(NN=Cc1ccccn1)c1ccccc1Sc1ccc2c(C=Cc3ccccn3)n[nH]c2c1. The molecule has 3 aromatic heterocycles. The van der Waals surface area contributed by atoms with Crippen LogP contribution in [0.3, 0.4) is 0 Å². The fourth-order valence-corrected chi connectivity index (χ4v) is 4.37. The predicted octanol–water partition coefficient (Wildman–Crippen LogP) is 5.44. The van der Waals surface area contributed by atoms with Crippen molar-refractivity contribution in [1.29, 1.82) is 0 Å². The van der Waals surface area contributed by atoms with E-state index in [4.69, 9.17) is 0 Å². The van der Waals surface area contributed by atoms with Crippen molar-refractivity contribution in [2.24, 2.45) is 5.10 Å². The van der Waals surface area contributed by atoms with Crippen molar-refractivity contribution in [3.05, 3.63) is 114 Å². The standard InChI is InChI=1S/C27H20N6OS/c34-27(33-30-18-20-8-4-6-16-29-20)23-9-1-2-10-26(23)35-21-12-13-22-24(31-32-25(22)17-21)14-11-19-7-3-5-15-28-19/h1-18H,(H,31,32)(H,33,34). The highest BCUT2D eigenvalue weighted by molar-refractivity contribution is 7.99. The number of aromatic nitrogens is 4. The highest BCUT2D eigenvalue weighted by atomic mass is 32.2. The number of hydrogen-bond donors (Lipinski definition) is 2. The third-order valence-electron chi connectivity index (χ3n) is 5.07. The fourth-order valence-electron chi connectivity index (χ4n) is 3.39. The smallest absolute Gasteiger partial charge is 0.272 e. The van der Waals surface area contributed by atoms with Gasteiger partial charge in [-0.3, -0.25) is 19.9 Å². The molecule has 35 heavy (non-hydrogen) atoms. The number of amides is 1. The molecule has 0 aliphatic rings. The maximum absolute atomic E-state index is 12.8. The summed E-state index contributed by atoms with van der Waals surface area (Å²) in [6.07, 6.45) is 8.82. The number of carbonyl (C=O) groups is 1. The lowest BCUT2D eigenvalue weighted by molar-refractivity contribution is 0.0952. The van der Waals surface area contributed by atoms with Crippen LogP contribution in [-0.2, 0) is 0 Å². The number of aromatic amines is 1. The van der Waals surface area contributed by atoms with Crippen molar-refractivity contribution in [1.82, 2.24) is 25.6 Å². The number of H-pyrrole nitrogens is 1. The number of hydrogen-bond acceptors (Lipinski definition) is 6. The van der Waals surface area contributed by atoms with E-state index >= 15 is 0 Å². The summed E-state index contributed by atoms with van der Waals surface area (Å²) in [6, 6.07) is 24.8. The lowest BCUT2D eigenvalue weighted by Gasteiger charge is -2.08. The normalized spacial score (nSPS) is 11.4. The molecule has 0 bridgehead atoms. The van der Waals surface area contributed by atoms with E-state index in [1.165, 1.54) is 18.0 Å². The van der Waals surface area contributed by atoms with Crippen LogP contribution in [0.25, 0.3) is 23.1 Å². The minimum atomic E-state index is -0.287. The molecule has 5 aromatic rings. The van der Waals surface area contributed by atoms with Crippen LogP contribution in [0.1, 0.15) is 27.4 Å². The molecule has 0 aliphatic heterocycles. The minimum absolute atomic E-state index is 0.287. The van der Waals surface area contributed by atoms with Gasteiger partial charge >= 0.3 is 0 Å². The number of hydrazone groups is 1. The van der Waals surface area contributed by atoms with Gasteiger partial charge in [-0.25, -0.2) is 5.43 Å². The number of nitrogens with zero attached hydrogens (tertiary/aromatic N) is 4. The molecular weight excluding hydrogens is 456 g/mol. The monoisotopic (exact) mass is 476 g/mol. The van der Waals surface area contributed by atoms with Crippen LogP contribution in [0, 0.1) is 0 Å². The van der Waals surface area contributed by atoms with Crippen LogP contribution in [0.2, 0.25) is 0 Å². The van der Waals surface area contributed by atoms with Gasteiger partial charge in [0, 0.05) is 27.6 Å². The van der Waals surface area contributed by atoms with Gasteiger partial charge in [0.2, 0.25) is 0 Å². The number of carbonyl (C=O) groups excluding carboxylic acids is 1. The van der Waals surface area contributed by atoms with Crippen LogP contribution in [-0.4, -0.2) is 32.3 Å². The molecule has 5 rings (SSSR count). The first-order valence-corrected chi connectivity index (χ1v) is 11.7. The van der Waals surface area contributed by atoms with Crippen LogP contribution in [0.15, 0.2) is 106 Å². The molecule has 0 aliphatic carbocycles. The first-order valence-electron chi connectivity index (χ1n) is 10.8. The zero-order chi connectivity index (χ0) is 23.9. The maximum Gasteiger partial charge on any atom is 0.272 e. The van der Waals surface area contributed by atoms with E-state index in [0.717, 1.165) is 32.1 Å². The second-order valence-electron chi connectivity index (χ2n) is 7.46. The molecule has 0 radical (unpaired) electrons. The van der Waals surface area contributed by atoms with Gasteiger partial charge in [-0.05, 0) is 66.7 Å². The quantitative estimate of drug-likeness (QED) is 0.241. The highest BCUT2D eigenvalue weighted by Crippen LogP contribution is 2.32. The number of pyridine rings is 2. The van der Waals surface area contributed by atoms with Crippen molar-refractivity contribution < 1.29 is 4.79 Å². The number of rotatable bonds is 7. The molecule has 2 aromatic carbocycles. The summed E-state index contributed by atoms with van der Waals surface area (Å²) in [5.74, 6) is -0.287. The Bertz CT molecular complexity index is 1510. The molecule has 0 unspecified atom stereocenters. The van der Waals surface area contributed by atoms with E-state index < -0.39 is 0 Å². The largest absolute Gasteiger partial charge is 0.277 e. The van der Waals surface area contributed by atoms with Gasteiger partial charge in [0.25, 0.3) is 5.91 Å². The minimum Gasteiger partial charge on any atom is -0.277 e. The molecule has 0 saturated carbocycles. The third kappa shape index (κ3) is 5.51. The molecule has 2 N–H and O–H groups in total. The van der Waals surface area contributed by atoms with Gasteiger partial charge in [-0.2, -0.15) is 10.2 Å². The second-order valence-corrected chi connectivity index (χ2v) is 8.57. The maximum atomic E-state index is 12.8. The summed E-state index contributed by atoms with van der Waals surface area (Å²) < 4.78 is 0. The van der Waals surface area contributed by atoms with Crippen molar-refractivity contribution in [3.63, 3.8) is 0 Å². The fraction of sp³-hybridized carbons (Fsp3) is 0. The van der Waals surface area contributed by atoms with E-state index in [0.29, 0.717) is 11.3 Å². The third-order valence-corrected chi connectivity index (χ3v) is 6.14. The summed E-state index contributed by atoms with van der Waals surface area (Å²) >= 11 is 1.51. The van der Waals surface area contributed by atoms with Crippen molar-refractivity contribution in [2.75, 3.05) is 0 Å². The van der Waals surface area contributed by atoms with Crippen LogP contribution < -0.4 is 5.43 Å². The molecule has 170 valence electrons. The van der Waals surface area contributed by atoms with Gasteiger partial charge in [0.05, 0.1) is 34.4 Å². The van der Waals surface area contributed by atoms with E-state index in [2.05, 4.69) is 30.7 Å². The van der Waals surface area contributed by atoms with Gasteiger partial charge < -0.3 is 0 Å². The van der Waals surface area contributed by atoms with Crippen molar-refractivity contribution in [3.8, 4) is 0 Å². The summed E-state index contributed by atoms with van der Waals surface area (Å²) in [4.78, 5) is 23.0. The number of fused-ring (bicyclic) bond motifs is 1. The molecule has 0 fully saturated rings. The molecular formula is C27H20N6OS. The Kier molecular flexibility index (Phi) is 6.72. The average Bonchev–Trinajstić information content (AvgIpc) is 3.31. The summed E-state index contributed by atoms with van der Waals surface area (Å²) in [5.41, 5.74) is 6.41.